The average molecular weight is 234 g/mol. The van der Waals surface area contributed by atoms with Crippen molar-refractivity contribution in [3.63, 3.8) is 0 Å². The van der Waals surface area contributed by atoms with Crippen molar-refractivity contribution in [2.24, 2.45) is 0 Å². The minimum Gasteiger partial charge on any atom is -0.390 e. The van der Waals surface area contributed by atoms with Crippen molar-refractivity contribution < 1.29 is 5.11 Å². The molecule has 94 valence electrons. The van der Waals surface area contributed by atoms with E-state index in [2.05, 4.69) is 29.6 Å². The van der Waals surface area contributed by atoms with Crippen molar-refractivity contribution in [1.29, 1.82) is 0 Å². The van der Waals surface area contributed by atoms with Gasteiger partial charge in [0.05, 0.1) is 6.10 Å². The molecule has 0 saturated carbocycles. The molecule has 1 aromatic carbocycles. The highest BCUT2D eigenvalue weighted by Gasteiger charge is 2.21. The first-order valence-corrected chi connectivity index (χ1v) is 6.31. The Labute approximate surface area is 103 Å². The van der Waals surface area contributed by atoms with Crippen LogP contribution in [0, 0.1) is 0 Å². The molecular weight excluding hydrogens is 212 g/mol. The van der Waals surface area contributed by atoms with Gasteiger partial charge in [-0.1, -0.05) is 24.3 Å². The second-order valence-corrected chi connectivity index (χ2v) is 5.11. The summed E-state index contributed by atoms with van der Waals surface area (Å²) in [5.41, 5.74) is 2.86. The number of aliphatic hydroxyl groups excluding tert-OH is 1. The van der Waals surface area contributed by atoms with Gasteiger partial charge in [0, 0.05) is 19.1 Å². The number of nitrogens with zero attached hydrogens (tertiary/aromatic N) is 1. The molecule has 0 bridgehead atoms. The number of aryl methyl sites for hydroxylation is 1. The smallest absolute Gasteiger partial charge is 0.0791 e. The van der Waals surface area contributed by atoms with Crippen molar-refractivity contribution in [3.8, 4) is 0 Å². The fourth-order valence-corrected chi connectivity index (χ4v) is 2.53. The van der Waals surface area contributed by atoms with Gasteiger partial charge >= 0.3 is 0 Å². The lowest BCUT2D eigenvalue weighted by molar-refractivity contribution is 0.131. The van der Waals surface area contributed by atoms with Crippen molar-refractivity contribution >= 4 is 0 Å². The van der Waals surface area contributed by atoms with Crippen molar-refractivity contribution in [2.45, 2.75) is 25.0 Å². The van der Waals surface area contributed by atoms with Crippen LogP contribution < -0.4 is 5.32 Å². The van der Waals surface area contributed by atoms with E-state index in [-0.39, 0.29) is 6.10 Å². The fraction of sp³-hybridized carbons (Fsp3) is 0.571. The largest absolute Gasteiger partial charge is 0.390 e. The van der Waals surface area contributed by atoms with Gasteiger partial charge in [0.15, 0.2) is 0 Å². The molecule has 0 aromatic heterocycles. The van der Waals surface area contributed by atoms with Gasteiger partial charge in [0.25, 0.3) is 0 Å². The summed E-state index contributed by atoms with van der Waals surface area (Å²) in [4.78, 5) is 2.01. The van der Waals surface area contributed by atoms with Crippen LogP contribution in [-0.2, 0) is 6.42 Å². The van der Waals surface area contributed by atoms with Crippen molar-refractivity contribution in [3.05, 3.63) is 35.4 Å². The van der Waals surface area contributed by atoms with Crippen molar-refractivity contribution in [1.82, 2.24) is 10.2 Å². The number of fused-ring (bicyclic) bond motifs is 1. The van der Waals surface area contributed by atoms with E-state index >= 15 is 0 Å². The van der Waals surface area contributed by atoms with Crippen LogP contribution in [0.4, 0.5) is 0 Å². The number of nitrogens with one attached hydrogen (secondary N) is 1. The van der Waals surface area contributed by atoms with Crippen LogP contribution in [0.1, 0.15) is 23.6 Å². The Morgan fingerprint density at radius 2 is 2.18 bits per heavy atom. The third-order valence-corrected chi connectivity index (χ3v) is 3.31. The standard InChI is InChI=1S/C14H22N2O/c1-16(2)10-12(17)9-15-14-8-7-11-5-3-4-6-13(11)14/h3-6,12,14-15,17H,7-10H2,1-2H3. The molecule has 0 amide bonds. The Hall–Kier alpha value is -0.900. The van der Waals surface area contributed by atoms with Crippen LogP contribution in [0.5, 0.6) is 0 Å². The van der Waals surface area contributed by atoms with Gasteiger partial charge in [-0.15, -0.1) is 0 Å². The van der Waals surface area contributed by atoms with Gasteiger partial charge < -0.3 is 15.3 Å². The first-order chi connectivity index (χ1) is 8.16. The molecule has 0 heterocycles. The maximum Gasteiger partial charge on any atom is 0.0791 e. The van der Waals surface area contributed by atoms with Gasteiger partial charge in [-0.25, -0.2) is 0 Å². The molecule has 3 nitrogen and oxygen atoms in total. The number of benzene rings is 1. The summed E-state index contributed by atoms with van der Waals surface area (Å²) in [7, 11) is 3.96. The third-order valence-electron chi connectivity index (χ3n) is 3.31. The molecule has 0 saturated heterocycles. The average Bonchev–Trinajstić information content (AvgIpc) is 2.69. The highest BCUT2D eigenvalue weighted by molar-refractivity contribution is 5.34. The van der Waals surface area contributed by atoms with E-state index in [0.717, 1.165) is 12.8 Å². The van der Waals surface area contributed by atoms with E-state index in [1.54, 1.807) is 0 Å². The summed E-state index contributed by atoms with van der Waals surface area (Å²) in [6, 6.07) is 9.01. The number of likely N-dealkylation sites (N-methyl/N-ethyl adjacent to an activating group) is 1. The second-order valence-electron chi connectivity index (χ2n) is 5.11. The van der Waals surface area contributed by atoms with E-state index in [0.29, 0.717) is 19.1 Å². The summed E-state index contributed by atoms with van der Waals surface area (Å²) in [5, 5.41) is 13.3. The minimum atomic E-state index is -0.294. The molecule has 0 fully saturated rings. The molecule has 17 heavy (non-hydrogen) atoms. The summed E-state index contributed by atoms with van der Waals surface area (Å²) in [6.45, 7) is 1.37. The summed E-state index contributed by atoms with van der Waals surface area (Å²) in [5.74, 6) is 0. The molecule has 1 aliphatic carbocycles. The third kappa shape index (κ3) is 3.28. The molecule has 2 atom stereocenters. The Morgan fingerprint density at radius 1 is 1.41 bits per heavy atom. The predicted octanol–water partition coefficient (Wildman–Crippen LogP) is 1.19. The van der Waals surface area contributed by atoms with Crippen LogP contribution in [0.2, 0.25) is 0 Å². The first kappa shape index (κ1) is 12.6. The molecule has 1 aromatic rings. The van der Waals surface area contributed by atoms with Gasteiger partial charge in [-0.05, 0) is 38.1 Å². The monoisotopic (exact) mass is 234 g/mol. The minimum absolute atomic E-state index is 0.294. The molecule has 0 spiro atoms. The molecule has 2 unspecified atom stereocenters. The molecule has 2 N–H and O–H groups in total. The Bertz CT molecular complexity index is 365. The summed E-state index contributed by atoms with van der Waals surface area (Å²) in [6.07, 6.45) is 2.00. The lowest BCUT2D eigenvalue weighted by Gasteiger charge is -2.19. The highest BCUT2D eigenvalue weighted by Crippen LogP contribution is 2.30. The van der Waals surface area contributed by atoms with Gasteiger partial charge in [0.1, 0.15) is 0 Å². The zero-order valence-electron chi connectivity index (χ0n) is 10.7. The van der Waals surface area contributed by atoms with E-state index in [1.165, 1.54) is 11.1 Å². The SMILES string of the molecule is CN(C)CC(O)CNC1CCc2ccccc21. The number of aliphatic hydroxyl groups is 1. The van der Waals surface area contributed by atoms with Crippen LogP contribution in [-0.4, -0.2) is 43.3 Å². The summed E-state index contributed by atoms with van der Waals surface area (Å²) < 4.78 is 0. The first-order valence-electron chi connectivity index (χ1n) is 6.31. The normalized spacial score (nSPS) is 20.6. The zero-order valence-corrected chi connectivity index (χ0v) is 10.7. The molecule has 2 rings (SSSR count). The number of rotatable bonds is 5. The van der Waals surface area contributed by atoms with Crippen LogP contribution in [0.15, 0.2) is 24.3 Å². The fourth-order valence-electron chi connectivity index (χ4n) is 2.53. The number of hydrogen-bond acceptors (Lipinski definition) is 3. The van der Waals surface area contributed by atoms with E-state index in [4.69, 9.17) is 0 Å². The topological polar surface area (TPSA) is 35.5 Å². The maximum absolute atomic E-state index is 9.82. The van der Waals surface area contributed by atoms with E-state index in [1.807, 2.05) is 19.0 Å². The molecule has 1 aliphatic rings. The predicted molar refractivity (Wildman–Crippen MR) is 70.1 cm³/mol. The second kappa shape index (κ2) is 5.63. The Balaban J connectivity index is 1.85. The summed E-state index contributed by atoms with van der Waals surface area (Å²) >= 11 is 0. The Morgan fingerprint density at radius 3 is 2.94 bits per heavy atom. The molecule has 0 aliphatic heterocycles. The van der Waals surface area contributed by atoms with E-state index < -0.39 is 0 Å². The van der Waals surface area contributed by atoms with Gasteiger partial charge in [0.2, 0.25) is 0 Å². The van der Waals surface area contributed by atoms with Crippen LogP contribution in [0.25, 0.3) is 0 Å². The van der Waals surface area contributed by atoms with E-state index in [9.17, 15) is 5.11 Å². The highest BCUT2D eigenvalue weighted by atomic mass is 16.3. The molecule has 0 radical (unpaired) electrons. The number of hydrogen-bond donors (Lipinski definition) is 2. The molecular formula is C14H22N2O. The van der Waals surface area contributed by atoms with Crippen LogP contribution >= 0.6 is 0 Å². The maximum atomic E-state index is 9.82. The lowest BCUT2D eigenvalue weighted by Crippen LogP contribution is -2.36. The van der Waals surface area contributed by atoms with Crippen LogP contribution in [0.3, 0.4) is 0 Å². The van der Waals surface area contributed by atoms with Crippen molar-refractivity contribution in [2.75, 3.05) is 27.2 Å². The lowest BCUT2D eigenvalue weighted by atomic mass is 10.1. The quantitative estimate of drug-likeness (QED) is 0.803. The zero-order chi connectivity index (χ0) is 12.3. The molecule has 3 heteroatoms. The van der Waals surface area contributed by atoms with Gasteiger partial charge in [-0.2, -0.15) is 0 Å². The Kier molecular flexibility index (Phi) is 4.15. The van der Waals surface area contributed by atoms with Gasteiger partial charge in [-0.3, -0.25) is 0 Å².